The van der Waals surface area contributed by atoms with Crippen molar-refractivity contribution in [3.63, 3.8) is 0 Å². The molecule has 2 atom stereocenters. The molecule has 0 fully saturated rings. The molecule has 184 valence electrons. The highest BCUT2D eigenvalue weighted by Gasteiger charge is 2.32. The van der Waals surface area contributed by atoms with Crippen LogP contribution in [0.1, 0.15) is 23.7 Å². The summed E-state index contributed by atoms with van der Waals surface area (Å²) in [6.07, 6.45) is 2.70. The van der Waals surface area contributed by atoms with Crippen molar-refractivity contribution in [3.05, 3.63) is 81.8 Å². The van der Waals surface area contributed by atoms with Gasteiger partial charge in [-0.3, -0.25) is 19.3 Å². The number of hydrogen-bond donors (Lipinski definition) is 3. The fourth-order valence-electron chi connectivity index (χ4n) is 2.77. The molecule has 1 aromatic heterocycles. The molecule has 3 aromatic rings. The Balaban J connectivity index is 1.89. The van der Waals surface area contributed by atoms with Crippen molar-refractivity contribution in [2.24, 2.45) is 4.99 Å². The van der Waals surface area contributed by atoms with E-state index in [1.807, 2.05) is 0 Å². The van der Waals surface area contributed by atoms with Gasteiger partial charge < -0.3 is 14.7 Å². The third kappa shape index (κ3) is 7.19. The molecule has 9 nitrogen and oxygen atoms in total. The lowest BCUT2D eigenvalue weighted by Crippen LogP contribution is -2.33. The summed E-state index contributed by atoms with van der Waals surface area (Å²) in [7, 11) is -4.19. The van der Waals surface area contributed by atoms with E-state index in [4.69, 9.17) is 9.05 Å². The van der Waals surface area contributed by atoms with Crippen molar-refractivity contribution in [1.29, 1.82) is 0 Å². The van der Waals surface area contributed by atoms with E-state index < -0.39 is 25.6 Å². The van der Waals surface area contributed by atoms with Gasteiger partial charge in [-0.15, -0.1) is 0 Å². The van der Waals surface area contributed by atoms with Crippen LogP contribution in [0.3, 0.4) is 0 Å². The maximum atomic E-state index is 13.8. The van der Waals surface area contributed by atoms with E-state index in [9.17, 15) is 24.0 Å². The minimum Gasteiger partial charge on any atom is -0.505 e. The molecule has 0 aliphatic carbocycles. The minimum atomic E-state index is -4.19. The number of pyridine rings is 1. The largest absolute Gasteiger partial charge is 0.505 e. The summed E-state index contributed by atoms with van der Waals surface area (Å²) in [5.74, 6) is -1.76. The molecular weight excluding hydrogens is 544 g/mol. The first-order chi connectivity index (χ1) is 16.6. The summed E-state index contributed by atoms with van der Waals surface area (Å²) >= 11 is 3.07. The van der Waals surface area contributed by atoms with Crippen molar-refractivity contribution in [3.8, 4) is 11.5 Å². The quantitative estimate of drug-likeness (QED) is 0.216. The van der Waals surface area contributed by atoms with E-state index in [1.54, 1.807) is 31.2 Å². The Labute approximate surface area is 209 Å². The molecule has 2 aromatic carbocycles. The average molecular weight is 566 g/mol. The SMILES string of the molecule is Cc1ncc(COP(=O)(NC(C)C(=O)O)Oc2ccccc2)c(/C=N/c2ccc(Br)c(F)c2)c1O. The van der Waals surface area contributed by atoms with Crippen molar-refractivity contribution in [2.45, 2.75) is 26.5 Å². The van der Waals surface area contributed by atoms with Gasteiger partial charge in [-0.2, -0.15) is 5.09 Å². The fraction of sp³-hybridized carbons (Fsp3) is 0.174. The van der Waals surface area contributed by atoms with Crippen LogP contribution in [-0.4, -0.2) is 33.4 Å². The summed E-state index contributed by atoms with van der Waals surface area (Å²) in [5, 5.41) is 22.2. The third-order valence-electron chi connectivity index (χ3n) is 4.68. The molecule has 35 heavy (non-hydrogen) atoms. The molecule has 3 N–H and O–H groups in total. The number of rotatable bonds is 10. The summed E-state index contributed by atoms with van der Waals surface area (Å²) < 4.78 is 38.5. The first-order valence-corrected chi connectivity index (χ1v) is 12.6. The van der Waals surface area contributed by atoms with Gasteiger partial charge in [0, 0.05) is 29.6 Å². The zero-order valence-corrected chi connectivity index (χ0v) is 21.2. The fourth-order valence-corrected chi connectivity index (χ4v) is 4.49. The number of aryl methyl sites for hydroxylation is 1. The second kappa shape index (κ2) is 11.5. The van der Waals surface area contributed by atoms with Gasteiger partial charge in [-0.25, -0.2) is 8.96 Å². The Morgan fingerprint density at radius 1 is 1.31 bits per heavy atom. The van der Waals surface area contributed by atoms with Crippen molar-refractivity contribution < 1.29 is 33.0 Å². The van der Waals surface area contributed by atoms with Crippen LogP contribution in [0.25, 0.3) is 0 Å². The minimum absolute atomic E-state index is 0.196. The van der Waals surface area contributed by atoms with Crippen LogP contribution in [0.5, 0.6) is 11.5 Å². The molecule has 3 rings (SSSR count). The maximum Gasteiger partial charge on any atom is 0.459 e. The van der Waals surface area contributed by atoms with E-state index in [-0.39, 0.29) is 33.7 Å². The Kier molecular flexibility index (Phi) is 8.74. The smallest absolute Gasteiger partial charge is 0.459 e. The highest BCUT2D eigenvalue weighted by atomic mass is 79.9. The van der Waals surface area contributed by atoms with Crippen LogP contribution in [-0.2, 0) is 20.5 Å². The van der Waals surface area contributed by atoms with Gasteiger partial charge in [0.05, 0.1) is 22.5 Å². The van der Waals surface area contributed by atoms with E-state index >= 15 is 0 Å². The summed E-state index contributed by atoms with van der Waals surface area (Å²) in [4.78, 5) is 19.6. The van der Waals surface area contributed by atoms with Crippen LogP contribution in [0, 0.1) is 12.7 Å². The number of carbonyl (C=O) groups is 1. The van der Waals surface area contributed by atoms with Gasteiger partial charge >= 0.3 is 13.7 Å². The molecule has 12 heteroatoms. The number of hydrogen-bond acceptors (Lipinski definition) is 7. The Hall–Kier alpha value is -3.11. The zero-order chi connectivity index (χ0) is 25.6. The molecule has 0 aliphatic heterocycles. The second-order valence-electron chi connectivity index (χ2n) is 7.35. The predicted molar refractivity (Wildman–Crippen MR) is 132 cm³/mol. The highest BCUT2D eigenvalue weighted by molar-refractivity contribution is 9.10. The van der Waals surface area contributed by atoms with Crippen LogP contribution in [0.2, 0.25) is 0 Å². The summed E-state index contributed by atoms with van der Waals surface area (Å²) in [6, 6.07) is 11.2. The molecule has 0 spiro atoms. The number of nitrogens with one attached hydrogen (secondary N) is 1. The number of aliphatic imine (C=N–C) groups is 1. The van der Waals surface area contributed by atoms with E-state index in [1.165, 1.54) is 43.6 Å². The van der Waals surface area contributed by atoms with Crippen molar-refractivity contribution >= 4 is 41.5 Å². The number of aromatic nitrogens is 1. The van der Waals surface area contributed by atoms with E-state index in [2.05, 4.69) is 31.0 Å². The monoisotopic (exact) mass is 565 g/mol. The topological polar surface area (TPSA) is 130 Å². The van der Waals surface area contributed by atoms with Crippen molar-refractivity contribution in [2.75, 3.05) is 0 Å². The summed E-state index contributed by atoms with van der Waals surface area (Å²) in [6.45, 7) is 2.50. The molecule has 0 bridgehead atoms. The Bertz CT molecular complexity index is 1290. The maximum absolute atomic E-state index is 13.8. The van der Waals surface area contributed by atoms with Crippen LogP contribution in [0.15, 0.2) is 64.2 Å². The molecule has 0 saturated carbocycles. The lowest BCUT2D eigenvalue weighted by atomic mass is 10.1. The second-order valence-corrected chi connectivity index (χ2v) is 9.90. The number of carboxylic acid groups (broad SMARTS) is 1. The molecule has 2 unspecified atom stereocenters. The van der Waals surface area contributed by atoms with E-state index in [0.29, 0.717) is 11.4 Å². The van der Waals surface area contributed by atoms with Crippen LogP contribution >= 0.6 is 23.7 Å². The number of carboxylic acids is 1. The van der Waals surface area contributed by atoms with Gasteiger partial charge in [-0.05, 0) is 54.0 Å². The Morgan fingerprint density at radius 2 is 2.03 bits per heavy atom. The van der Waals surface area contributed by atoms with Crippen LogP contribution in [0.4, 0.5) is 10.1 Å². The normalized spacial score (nSPS) is 13.9. The van der Waals surface area contributed by atoms with Gasteiger partial charge in [0.25, 0.3) is 0 Å². The highest BCUT2D eigenvalue weighted by Crippen LogP contribution is 2.46. The van der Waals surface area contributed by atoms with Crippen molar-refractivity contribution in [1.82, 2.24) is 10.1 Å². The number of para-hydroxylation sites is 1. The van der Waals surface area contributed by atoms with Gasteiger partial charge in [-0.1, -0.05) is 18.2 Å². The molecule has 0 amide bonds. The standard InChI is InChI=1S/C23H22BrFN3O6P/c1-14-22(29)19(12-27-17-8-9-20(24)21(25)10-17)16(11-26-14)13-33-35(32,28-15(2)23(30)31)34-18-6-4-3-5-7-18/h3-12,15,29H,13H2,1-2H3,(H,28,32)(H,30,31)/b27-12+. The predicted octanol–water partition coefficient (Wildman–Crippen LogP) is 5.51. The van der Waals surface area contributed by atoms with Crippen LogP contribution < -0.4 is 9.61 Å². The number of aromatic hydroxyl groups is 1. The average Bonchev–Trinajstić information content (AvgIpc) is 2.82. The molecule has 0 radical (unpaired) electrons. The first kappa shape index (κ1) is 26.5. The number of aliphatic carboxylic acids is 1. The molecule has 0 aliphatic rings. The zero-order valence-electron chi connectivity index (χ0n) is 18.7. The summed E-state index contributed by atoms with van der Waals surface area (Å²) in [5.41, 5.74) is 1.09. The lowest BCUT2D eigenvalue weighted by Gasteiger charge is -2.22. The Morgan fingerprint density at radius 3 is 2.69 bits per heavy atom. The number of nitrogens with zero attached hydrogens (tertiary/aromatic N) is 2. The first-order valence-electron chi connectivity index (χ1n) is 10.2. The lowest BCUT2D eigenvalue weighted by molar-refractivity contribution is -0.138. The molecule has 1 heterocycles. The van der Waals surface area contributed by atoms with Gasteiger partial charge in [0.1, 0.15) is 23.4 Å². The number of halogens is 2. The van der Waals surface area contributed by atoms with Gasteiger partial charge in [0.2, 0.25) is 0 Å². The van der Waals surface area contributed by atoms with E-state index in [0.717, 1.165) is 0 Å². The van der Waals surface area contributed by atoms with Gasteiger partial charge in [0.15, 0.2) is 0 Å². The molecular formula is C23H22BrFN3O6P. The molecule has 0 saturated heterocycles. The third-order valence-corrected chi connectivity index (χ3v) is 6.95. The number of benzene rings is 2.